The van der Waals surface area contributed by atoms with Gasteiger partial charge in [-0.2, -0.15) is 0 Å². The largest absolute Gasteiger partial charge is 0.236 e. The van der Waals surface area contributed by atoms with E-state index in [1.165, 1.54) is 6.07 Å². The predicted octanol–water partition coefficient (Wildman–Crippen LogP) is 3.16. The first-order valence-electron chi connectivity index (χ1n) is 4.61. The van der Waals surface area contributed by atoms with Gasteiger partial charge in [0.25, 0.3) is 0 Å². The minimum atomic E-state index is -3.97. The Hall–Kier alpha value is -0.680. The number of halogens is 3. The van der Waals surface area contributed by atoms with Crippen molar-refractivity contribution in [2.75, 3.05) is 0 Å². The maximum absolute atomic E-state index is 13.8. The standard InChI is InChI=1S/C10H11ClF2O2S/c1-6(2)7-3-4-9(12)8(10(7)13)5-16(11,14)15/h3-4,6H,5H2,1-2H3. The quantitative estimate of drug-likeness (QED) is 0.789. The third-order valence-corrected chi connectivity index (χ3v) is 3.12. The van der Waals surface area contributed by atoms with Crippen LogP contribution in [-0.2, 0) is 14.8 Å². The van der Waals surface area contributed by atoms with Crippen LogP contribution in [0.15, 0.2) is 12.1 Å². The lowest BCUT2D eigenvalue weighted by molar-refractivity contribution is 0.544. The zero-order valence-corrected chi connectivity index (χ0v) is 10.4. The molecule has 0 radical (unpaired) electrons. The van der Waals surface area contributed by atoms with Gasteiger partial charge in [-0.25, -0.2) is 17.2 Å². The van der Waals surface area contributed by atoms with E-state index in [0.29, 0.717) is 0 Å². The van der Waals surface area contributed by atoms with Crippen molar-refractivity contribution in [2.24, 2.45) is 0 Å². The molecule has 0 fully saturated rings. The Morgan fingerprint density at radius 3 is 2.31 bits per heavy atom. The molecule has 1 aromatic carbocycles. The summed E-state index contributed by atoms with van der Waals surface area (Å²) >= 11 is 0. The number of benzene rings is 1. The molecule has 0 aliphatic rings. The lowest BCUT2D eigenvalue weighted by Gasteiger charge is -2.11. The summed E-state index contributed by atoms with van der Waals surface area (Å²) in [5.41, 5.74) is -0.224. The van der Waals surface area contributed by atoms with Gasteiger partial charge in [-0.05, 0) is 17.5 Å². The Bertz CT molecular complexity index is 498. The van der Waals surface area contributed by atoms with Crippen molar-refractivity contribution in [2.45, 2.75) is 25.5 Å². The molecular formula is C10H11ClF2O2S. The Labute approximate surface area is 97.7 Å². The van der Waals surface area contributed by atoms with E-state index in [1.54, 1.807) is 13.8 Å². The SMILES string of the molecule is CC(C)c1ccc(F)c(CS(=O)(=O)Cl)c1F. The van der Waals surface area contributed by atoms with Gasteiger partial charge in [0.15, 0.2) is 0 Å². The van der Waals surface area contributed by atoms with E-state index in [9.17, 15) is 17.2 Å². The second-order valence-corrected chi connectivity index (χ2v) is 6.54. The fourth-order valence-electron chi connectivity index (χ4n) is 1.37. The molecule has 16 heavy (non-hydrogen) atoms. The van der Waals surface area contributed by atoms with Crippen LogP contribution in [0.1, 0.15) is 30.9 Å². The van der Waals surface area contributed by atoms with Gasteiger partial charge in [0.1, 0.15) is 11.6 Å². The Kier molecular flexibility index (Phi) is 3.91. The Balaban J connectivity index is 3.32. The van der Waals surface area contributed by atoms with Crippen molar-refractivity contribution in [3.05, 3.63) is 34.9 Å². The van der Waals surface area contributed by atoms with Gasteiger partial charge in [0.05, 0.1) is 5.75 Å². The van der Waals surface area contributed by atoms with Gasteiger partial charge in [0.2, 0.25) is 9.05 Å². The molecule has 0 heterocycles. The van der Waals surface area contributed by atoms with Crippen molar-refractivity contribution in [3.63, 3.8) is 0 Å². The summed E-state index contributed by atoms with van der Waals surface area (Å²) in [6, 6.07) is 2.36. The minimum absolute atomic E-state index is 0.155. The van der Waals surface area contributed by atoms with Gasteiger partial charge in [-0.3, -0.25) is 0 Å². The molecule has 0 aromatic heterocycles. The van der Waals surface area contributed by atoms with Crippen molar-refractivity contribution in [1.82, 2.24) is 0 Å². The van der Waals surface area contributed by atoms with Gasteiger partial charge in [-0.1, -0.05) is 19.9 Å². The highest BCUT2D eigenvalue weighted by Gasteiger charge is 2.20. The zero-order chi connectivity index (χ0) is 12.5. The third-order valence-electron chi connectivity index (χ3n) is 2.15. The van der Waals surface area contributed by atoms with Crippen LogP contribution >= 0.6 is 10.7 Å². The maximum atomic E-state index is 13.8. The van der Waals surface area contributed by atoms with E-state index in [4.69, 9.17) is 10.7 Å². The monoisotopic (exact) mass is 268 g/mol. The van der Waals surface area contributed by atoms with Crippen LogP contribution in [0.2, 0.25) is 0 Å². The fraction of sp³-hybridized carbons (Fsp3) is 0.400. The molecular weight excluding hydrogens is 258 g/mol. The molecule has 90 valence electrons. The predicted molar refractivity (Wildman–Crippen MR) is 58.9 cm³/mol. The summed E-state index contributed by atoms with van der Waals surface area (Å²) in [5.74, 6) is -2.73. The number of hydrogen-bond acceptors (Lipinski definition) is 2. The second-order valence-electron chi connectivity index (χ2n) is 3.77. The van der Waals surface area contributed by atoms with Crippen LogP contribution in [0.5, 0.6) is 0 Å². The molecule has 2 nitrogen and oxygen atoms in total. The number of rotatable bonds is 3. The summed E-state index contributed by atoms with van der Waals surface area (Å²) in [7, 11) is 1.01. The van der Waals surface area contributed by atoms with Gasteiger partial charge in [-0.15, -0.1) is 0 Å². The van der Waals surface area contributed by atoms with Crippen LogP contribution in [0, 0.1) is 11.6 Å². The van der Waals surface area contributed by atoms with Crippen molar-refractivity contribution >= 4 is 19.7 Å². The molecule has 0 unspecified atom stereocenters. The van der Waals surface area contributed by atoms with Crippen LogP contribution in [0.3, 0.4) is 0 Å². The van der Waals surface area contributed by atoms with Gasteiger partial charge >= 0.3 is 0 Å². The van der Waals surface area contributed by atoms with Crippen LogP contribution < -0.4 is 0 Å². The van der Waals surface area contributed by atoms with Crippen molar-refractivity contribution < 1.29 is 17.2 Å². The van der Waals surface area contributed by atoms with Crippen LogP contribution in [0.25, 0.3) is 0 Å². The highest BCUT2D eigenvalue weighted by atomic mass is 35.7. The lowest BCUT2D eigenvalue weighted by Crippen LogP contribution is -2.05. The van der Waals surface area contributed by atoms with Crippen molar-refractivity contribution in [1.29, 1.82) is 0 Å². The average Bonchev–Trinajstić information content (AvgIpc) is 2.10. The molecule has 6 heteroatoms. The highest BCUT2D eigenvalue weighted by molar-refractivity contribution is 8.13. The van der Waals surface area contributed by atoms with Gasteiger partial charge in [0, 0.05) is 16.2 Å². The highest BCUT2D eigenvalue weighted by Crippen LogP contribution is 2.25. The van der Waals surface area contributed by atoms with E-state index in [-0.39, 0.29) is 11.5 Å². The maximum Gasteiger partial charge on any atom is 0.236 e. The number of hydrogen-bond donors (Lipinski definition) is 0. The molecule has 0 saturated carbocycles. The molecule has 0 aliphatic heterocycles. The van der Waals surface area contributed by atoms with Gasteiger partial charge < -0.3 is 0 Å². The second kappa shape index (κ2) is 4.67. The molecule has 0 N–H and O–H groups in total. The molecule has 0 atom stereocenters. The first kappa shape index (κ1) is 13.4. The molecule has 0 aliphatic carbocycles. The molecule has 0 saturated heterocycles. The Morgan fingerprint density at radius 2 is 1.88 bits per heavy atom. The first-order valence-corrected chi connectivity index (χ1v) is 7.09. The van der Waals surface area contributed by atoms with E-state index < -0.39 is 32.0 Å². The molecule has 1 rings (SSSR count). The van der Waals surface area contributed by atoms with E-state index in [2.05, 4.69) is 0 Å². The van der Waals surface area contributed by atoms with E-state index in [0.717, 1.165) is 6.07 Å². The smallest absolute Gasteiger partial charge is 0.212 e. The molecule has 1 aromatic rings. The molecule has 0 spiro atoms. The Morgan fingerprint density at radius 1 is 1.31 bits per heavy atom. The minimum Gasteiger partial charge on any atom is -0.212 e. The topological polar surface area (TPSA) is 34.1 Å². The summed E-state index contributed by atoms with van der Waals surface area (Å²) in [6.45, 7) is 3.46. The third kappa shape index (κ3) is 3.15. The van der Waals surface area contributed by atoms with Crippen LogP contribution in [0.4, 0.5) is 8.78 Å². The van der Waals surface area contributed by atoms with E-state index >= 15 is 0 Å². The average molecular weight is 269 g/mol. The summed E-state index contributed by atoms with van der Waals surface area (Å²) in [4.78, 5) is 0. The van der Waals surface area contributed by atoms with Crippen LogP contribution in [-0.4, -0.2) is 8.42 Å². The summed E-state index contributed by atoms with van der Waals surface area (Å²) in [6.07, 6.45) is 0. The normalized spacial score (nSPS) is 12.1. The lowest BCUT2D eigenvalue weighted by atomic mass is 10.00. The molecule has 0 amide bonds. The van der Waals surface area contributed by atoms with Crippen molar-refractivity contribution in [3.8, 4) is 0 Å². The molecule has 0 bridgehead atoms. The fourth-order valence-corrected chi connectivity index (χ4v) is 2.30. The summed E-state index contributed by atoms with van der Waals surface area (Å²) in [5, 5.41) is 0. The summed E-state index contributed by atoms with van der Waals surface area (Å²) < 4.78 is 48.6. The van der Waals surface area contributed by atoms with E-state index in [1.807, 2.05) is 0 Å². The zero-order valence-electron chi connectivity index (χ0n) is 8.80. The first-order chi connectivity index (χ1) is 7.22.